The normalized spacial score (nSPS) is 18.8. The van der Waals surface area contributed by atoms with Crippen molar-refractivity contribution in [3.63, 3.8) is 0 Å². The summed E-state index contributed by atoms with van der Waals surface area (Å²) < 4.78 is 7.50. The molecule has 3 heterocycles. The number of aliphatic hydroxyl groups is 1. The average Bonchev–Trinajstić information content (AvgIpc) is 3.13. The quantitative estimate of drug-likeness (QED) is 0.508. The lowest BCUT2D eigenvalue weighted by Crippen LogP contribution is -2.51. The Labute approximate surface area is 228 Å². The highest BCUT2D eigenvalue weighted by atomic mass is 35.5. The molecule has 1 aliphatic carbocycles. The van der Waals surface area contributed by atoms with Crippen LogP contribution >= 0.6 is 11.6 Å². The molecule has 5 rings (SSSR count). The van der Waals surface area contributed by atoms with Gasteiger partial charge in [-0.25, -0.2) is 9.78 Å². The van der Waals surface area contributed by atoms with Crippen LogP contribution in [0.2, 0.25) is 5.02 Å². The molecule has 2 aliphatic rings. The van der Waals surface area contributed by atoms with Crippen molar-refractivity contribution in [3.05, 3.63) is 81.7 Å². The highest BCUT2D eigenvalue weighted by Gasteiger charge is 2.36. The van der Waals surface area contributed by atoms with Gasteiger partial charge >= 0.3 is 6.09 Å². The van der Waals surface area contributed by atoms with Crippen LogP contribution in [0.4, 0.5) is 4.79 Å². The standard InChI is InChI=1S/C29H34ClN5O3/c1-18-32-17-24(33(18)5)27(36)23-15-19-7-6-10-31-25(19)26(21-9-8-20(30)16-22(21)23)34-11-13-35(14-12-34)28(37)38-29(2,3)4/h6-10,15-17,26-27,36H,11-14H2,1-5H3/t26-,27?/m0/s1. The minimum Gasteiger partial charge on any atom is -0.444 e. The fraction of sp³-hybridized carbons (Fsp3) is 0.414. The molecule has 0 bridgehead atoms. The molecule has 1 aromatic carbocycles. The fourth-order valence-corrected chi connectivity index (χ4v) is 5.38. The Kier molecular flexibility index (Phi) is 7.07. The van der Waals surface area contributed by atoms with Crippen LogP contribution in [-0.4, -0.2) is 67.3 Å². The predicted octanol–water partition coefficient (Wildman–Crippen LogP) is 5.01. The van der Waals surface area contributed by atoms with Gasteiger partial charge in [-0.3, -0.25) is 9.88 Å². The zero-order valence-corrected chi connectivity index (χ0v) is 23.2. The van der Waals surface area contributed by atoms with Gasteiger partial charge in [-0.1, -0.05) is 23.7 Å². The van der Waals surface area contributed by atoms with E-state index in [4.69, 9.17) is 21.3 Å². The van der Waals surface area contributed by atoms with Gasteiger partial charge in [-0.15, -0.1) is 0 Å². The van der Waals surface area contributed by atoms with Crippen LogP contribution in [0, 0.1) is 6.92 Å². The van der Waals surface area contributed by atoms with Gasteiger partial charge in [0, 0.05) is 44.4 Å². The van der Waals surface area contributed by atoms with Crippen molar-refractivity contribution >= 4 is 29.3 Å². The first-order valence-electron chi connectivity index (χ1n) is 12.9. The van der Waals surface area contributed by atoms with Crippen LogP contribution in [0.5, 0.6) is 0 Å². The van der Waals surface area contributed by atoms with Gasteiger partial charge in [-0.05, 0) is 74.2 Å². The molecule has 1 amide bonds. The van der Waals surface area contributed by atoms with Crippen LogP contribution in [0.15, 0.2) is 42.7 Å². The van der Waals surface area contributed by atoms with Crippen LogP contribution in [0.3, 0.4) is 0 Å². The monoisotopic (exact) mass is 535 g/mol. The second-order valence-corrected chi connectivity index (χ2v) is 11.3. The Balaban J connectivity index is 1.54. The number of aryl methyl sites for hydroxylation is 1. The number of halogens is 1. The summed E-state index contributed by atoms with van der Waals surface area (Å²) in [5.74, 6) is 0.822. The van der Waals surface area contributed by atoms with E-state index >= 15 is 0 Å². The number of imidazole rings is 1. The molecule has 0 radical (unpaired) electrons. The lowest BCUT2D eigenvalue weighted by molar-refractivity contribution is 0.0118. The fourth-order valence-electron chi connectivity index (χ4n) is 5.21. The van der Waals surface area contributed by atoms with Crippen LogP contribution in [0.25, 0.3) is 11.6 Å². The maximum atomic E-state index is 12.7. The molecule has 2 aromatic heterocycles. The van der Waals surface area contributed by atoms with E-state index in [0.717, 1.165) is 33.8 Å². The van der Waals surface area contributed by atoms with E-state index in [1.165, 1.54) is 0 Å². The van der Waals surface area contributed by atoms with Crippen molar-refractivity contribution in [2.24, 2.45) is 7.05 Å². The Morgan fingerprint density at radius 2 is 1.89 bits per heavy atom. The molecule has 200 valence electrons. The predicted molar refractivity (Wildman–Crippen MR) is 148 cm³/mol. The molecular formula is C29H34ClN5O3. The Morgan fingerprint density at radius 3 is 2.55 bits per heavy atom. The minimum atomic E-state index is -0.908. The second-order valence-electron chi connectivity index (χ2n) is 10.9. The zero-order chi connectivity index (χ0) is 27.2. The van der Waals surface area contributed by atoms with E-state index < -0.39 is 11.7 Å². The highest BCUT2D eigenvalue weighted by Crippen LogP contribution is 2.44. The van der Waals surface area contributed by atoms with E-state index in [-0.39, 0.29) is 12.1 Å². The number of aromatic nitrogens is 3. The number of hydrogen-bond donors (Lipinski definition) is 1. The third-order valence-corrected chi connectivity index (χ3v) is 7.46. The largest absolute Gasteiger partial charge is 0.444 e. The third kappa shape index (κ3) is 5.08. The number of aliphatic hydroxyl groups excluding tert-OH is 1. The maximum absolute atomic E-state index is 12.7. The van der Waals surface area contributed by atoms with Crippen LogP contribution in [-0.2, 0) is 11.8 Å². The molecule has 1 aliphatic heterocycles. The Bertz CT molecular complexity index is 1390. The van der Waals surface area contributed by atoms with E-state index in [1.54, 1.807) is 17.3 Å². The number of carbonyl (C=O) groups excluding carboxylic acids is 1. The number of rotatable bonds is 3. The molecule has 9 heteroatoms. The number of pyridine rings is 1. The first-order chi connectivity index (χ1) is 18.0. The topological polar surface area (TPSA) is 83.7 Å². The van der Waals surface area contributed by atoms with Crippen LogP contribution < -0.4 is 0 Å². The number of ether oxygens (including phenoxy) is 1. The second kappa shape index (κ2) is 10.2. The molecule has 3 aromatic rings. The lowest BCUT2D eigenvalue weighted by Gasteiger charge is -2.40. The van der Waals surface area contributed by atoms with Crippen molar-refractivity contribution in [1.29, 1.82) is 0 Å². The number of piperazine rings is 1. The molecule has 8 nitrogen and oxygen atoms in total. The van der Waals surface area contributed by atoms with Gasteiger partial charge < -0.3 is 19.3 Å². The van der Waals surface area contributed by atoms with E-state index in [1.807, 2.05) is 75.7 Å². The molecule has 0 saturated carbocycles. The third-order valence-electron chi connectivity index (χ3n) is 7.22. The molecule has 1 saturated heterocycles. The van der Waals surface area contributed by atoms with Gasteiger partial charge in [0.1, 0.15) is 17.5 Å². The first-order valence-corrected chi connectivity index (χ1v) is 13.3. The summed E-state index contributed by atoms with van der Waals surface area (Å²) in [6, 6.07) is 9.60. The Hall–Kier alpha value is -3.20. The summed E-state index contributed by atoms with van der Waals surface area (Å²) in [5, 5.41) is 12.2. The smallest absolute Gasteiger partial charge is 0.410 e. The first kappa shape index (κ1) is 26.4. The number of benzene rings is 1. The van der Waals surface area contributed by atoms with Gasteiger partial charge in [-0.2, -0.15) is 0 Å². The van der Waals surface area contributed by atoms with E-state index in [0.29, 0.717) is 36.9 Å². The molecule has 0 spiro atoms. The Morgan fingerprint density at radius 1 is 1.16 bits per heavy atom. The zero-order valence-electron chi connectivity index (χ0n) is 22.5. The number of carbonyl (C=O) groups is 1. The van der Waals surface area contributed by atoms with Crippen molar-refractivity contribution in [1.82, 2.24) is 24.3 Å². The summed E-state index contributed by atoms with van der Waals surface area (Å²) in [4.78, 5) is 26.0. The molecule has 1 unspecified atom stereocenters. The van der Waals surface area contributed by atoms with Gasteiger partial charge in [0.05, 0.1) is 23.6 Å². The van der Waals surface area contributed by atoms with Gasteiger partial charge in [0.2, 0.25) is 0 Å². The number of fused-ring (bicyclic) bond motifs is 2. The summed E-state index contributed by atoms with van der Waals surface area (Å²) in [6.45, 7) is 9.95. The summed E-state index contributed by atoms with van der Waals surface area (Å²) >= 11 is 6.52. The summed E-state index contributed by atoms with van der Waals surface area (Å²) in [6.07, 6.45) is 4.34. The van der Waals surface area contributed by atoms with Crippen molar-refractivity contribution in [2.45, 2.75) is 45.4 Å². The highest BCUT2D eigenvalue weighted by molar-refractivity contribution is 6.30. The van der Waals surface area contributed by atoms with E-state index in [2.05, 4.69) is 9.88 Å². The summed E-state index contributed by atoms with van der Waals surface area (Å²) in [7, 11) is 1.90. The molecule has 1 N–H and O–H groups in total. The molecule has 1 fully saturated rings. The molecular weight excluding hydrogens is 502 g/mol. The molecule has 38 heavy (non-hydrogen) atoms. The average molecular weight is 536 g/mol. The van der Waals surface area contributed by atoms with Crippen molar-refractivity contribution in [3.8, 4) is 0 Å². The SMILES string of the molecule is Cc1ncc(C(O)C2=Cc3cccnc3[C@@H](N3CCN(C(=O)OC(C)(C)C)CC3)c3ccc(Cl)cc32)n1C. The maximum Gasteiger partial charge on any atom is 0.410 e. The number of nitrogens with zero attached hydrogens (tertiary/aromatic N) is 5. The molecule has 2 atom stereocenters. The number of hydrogen-bond acceptors (Lipinski definition) is 6. The summed E-state index contributed by atoms with van der Waals surface area (Å²) in [5.41, 5.74) is 4.65. The minimum absolute atomic E-state index is 0.173. The van der Waals surface area contributed by atoms with Gasteiger partial charge in [0.25, 0.3) is 0 Å². The van der Waals surface area contributed by atoms with Crippen LogP contribution in [0.1, 0.15) is 66.8 Å². The van der Waals surface area contributed by atoms with E-state index in [9.17, 15) is 9.90 Å². The van der Waals surface area contributed by atoms with Crippen molar-refractivity contribution < 1.29 is 14.6 Å². The van der Waals surface area contributed by atoms with Crippen molar-refractivity contribution in [2.75, 3.05) is 26.2 Å². The lowest BCUT2D eigenvalue weighted by atomic mass is 9.91. The van der Waals surface area contributed by atoms with Gasteiger partial charge in [0.15, 0.2) is 0 Å². The number of amides is 1.